The SMILES string of the molecule is CN(C)C(=O)CNc1nc2c(C(=O)O)cccc2o1. The van der Waals surface area contributed by atoms with Crippen LogP contribution in [0.4, 0.5) is 6.01 Å². The molecule has 2 aromatic rings. The number of hydrogen-bond acceptors (Lipinski definition) is 5. The molecule has 0 unspecified atom stereocenters. The summed E-state index contributed by atoms with van der Waals surface area (Å²) >= 11 is 0. The van der Waals surface area contributed by atoms with Gasteiger partial charge in [-0.2, -0.15) is 4.98 Å². The van der Waals surface area contributed by atoms with Crippen molar-refractivity contribution in [2.24, 2.45) is 0 Å². The zero-order chi connectivity index (χ0) is 14.0. The molecule has 0 aliphatic rings. The molecule has 2 rings (SSSR count). The van der Waals surface area contributed by atoms with Gasteiger partial charge in [0.15, 0.2) is 5.58 Å². The van der Waals surface area contributed by atoms with E-state index < -0.39 is 5.97 Å². The summed E-state index contributed by atoms with van der Waals surface area (Å²) in [7, 11) is 3.28. The van der Waals surface area contributed by atoms with Crippen LogP contribution in [0.5, 0.6) is 0 Å². The van der Waals surface area contributed by atoms with Gasteiger partial charge in [-0.15, -0.1) is 0 Å². The highest BCUT2D eigenvalue weighted by Gasteiger charge is 2.14. The molecule has 0 aliphatic carbocycles. The van der Waals surface area contributed by atoms with Crippen molar-refractivity contribution in [1.82, 2.24) is 9.88 Å². The van der Waals surface area contributed by atoms with Crippen molar-refractivity contribution in [2.45, 2.75) is 0 Å². The maximum atomic E-state index is 11.4. The first-order valence-electron chi connectivity index (χ1n) is 5.56. The van der Waals surface area contributed by atoms with Gasteiger partial charge in [0.25, 0.3) is 6.01 Å². The van der Waals surface area contributed by atoms with Crippen molar-refractivity contribution in [3.63, 3.8) is 0 Å². The van der Waals surface area contributed by atoms with E-state index in [1.54, 1.807) is 26.2 Å². The highest BCUT2D eigenvalue weighted by atomic mass is 16.4. The molecule has 1 aromatic carbocycles. The van der Waals surface area contributed by atoms with E-state index in [1.807, 2.05) is 0 Å². The third kappa shape index (κ3) is 2.65. The average Bonchev–Trinajstić information content (AvgIpc) is 2.77. The normalized spacial score (nSPS) is 10.4. The minimum absolute atomic E-state index is 0.0300. The number of aromatic nitrogens is 1. The van der Waals surface area contributed by atoms with E-state index in [1.165, 1.54) is 11.0 Å². The Balaban J connectivity index is 2.25. The van der Waals surface area contributed by atoms with Crippen molar-refractivity contribution >= 4 is 29.0 Å². The molecule has 0 saturated carbocycles. The van der Waals surface area contributed by atoms with Gasteiger partial charge in [-0.3, -0.25) is 4.79 Å². The van der Waals surface area contributed by atoms with E-state index in [-0.39, 0.29) is 29.5 Å². The number of carboxylic acid groups (broad SMARTS) is 1. The number of para-hydroxylation sites is 1. The highest BCUT2D eigenvalue weighted by molar-refractivity contribution is 6.00. The van der Waals surface area contributed by atoms with Crippen LogP contribution in [-0.2, 0) is 4.79 Å². The number of carbonyl (C=O) groups excluding carboxylic acids is 1. The minimum atomic E-state index is -1.07. The second-order valence-corrected chi connectivity index (χ2v) is 4.12. The van der Waals surface area contributed by atoms with Crippen LogP contribution >= 0.6 is 0 Å². The number of carboxylic acids is 1. The topological polar surface area (TPSA) is 95.7 Å². The fraction of sp³-hybridized carbons (Fsp3) is 0.250. The number of oxazole rings is 1. The number of rotatable bonds is 4. The van der Waals surface area contributed by atoms with Gasteiger partial charge in [-0.1, -0.05) is 6.07 Å². The van der Waals surface area contributed by atoms with E-state index in [0.717, 1.165) is 0 Å². The average molecular weight is 263 g/mol. The quantitative estimate of drug-likeness (QED) is 0.855. The van der Waals surface area contributed by atoms with Crippen molar-refractivity contribution < 1.29 is 19.1 Å². The molecular formula is C12H13N3O4. The summed E-state index contributed by atoms with van der Waals surface area (Å²) < 4.78 is 5.33. The van der Waals surface area contributed by atoms with Gasteiger partial charge in [0.1, 0.15) is 5.52 Å². The number of likely N-dealkylation sites (N-methyl/N-ethyl adjacent to an activating group) is 1. The van der Waals surface area contributed by atoms with Crippen molar-refractivity contribution in [3.05, 3.63) is 23.8 Å². The van der Waals surface area contributed by atoms with Crippen LogP contribution in [0.3, 0.4) is 0 Å². The number of benzene rings is 1. The van der Waals surface area contributed by atoms with Crippen LogP contribution in [0.1, 0.15) is 10.4 Å². The zero-order valence-electron chi connectivity index (χ0n) is 10.5. The lowest BCUT2D eigenvalue weighted by molar-refractivity contribution is -0.126. The molecule has 100 valence electrons. The first-order valence-corrected chi connectivity index (χ1v) is 5.56. The summed E-state index contributed by atoms with van der Waals surface area (Å²) in [6.45, 7) is 0.0300. The maximum absolute atomic E-state index is 11.4. The number of nitrogens with one attached hydrogen (secondary N) is 1. The van der Waals surface area contributed by atoms with Crippen LogP contribution in [-0.4, -0.2) is 47.5 Å². The van der Waals surface area contributed by atoms with Gasteiger partial charge in [-0.05, 0) is 12.1 Å². The Morgan fingerprint density at radius 2 is 2.16 bits per heavy atom. The third-order valence-electron chi connectivity index (χ3n) is 2.54. The molecule has 0 atom stereocenters. The lowest BCUT2D eigenvalue weighted by atomic mass is 10.2. The molecular weight excluding hydrogens is 250 g/mol. The Labute approximate surface area is 108 Å². The molecule has 1 amide bonds. The molecule has 0 radical (unpaired) electrons. The van der Waals surface area contributed by atoms with E-state index in [2.05, 4.69) is 10.3 Å². The lowest BCUT2D eigenvalue weighted by Crippen LogP contribution is -2.28. The van der Waals surface area contributed by atoms with E-state index in [9.17, 15) is 9.59 Å². The minimum Gasteiger partial charge on any atom is -0.478 e. The summed E-state index contributed by atoms with van der Waals surface area (Å²) in [4.78, 5) is 27.9. The molecule has 0 bridgehead atoms. The van der Waals surface area contributed by atoms with Crippen LogP contribution in [0.15, 0.2) is 22.6 Å². The number of aromatic carboxylic acids is 1. The van der Waals surface area contributed by atoms with Gasteiger partial charge in [0.2, 0.25) is 5.91 Å². The van der Waals surface area contributed by atoms with Gasteiger partial charge in [-0.25, -0.2) is 4.79 Å². The Hall–Kier alpha value is -2.57. The zero-order valence-corrected chi connectivity index (χ0v) is 10.5. The van der Waals surface area contributed by atoms with Crippen molar-refractivity contribution in [1.29, 1.82) is 0 Å². The number of amides is 1. The number of hydrogen-bond donors (Lipinski definition) is 2. The Bertz CT molecular complexity index is 633. The largest absolute Gasteiger partial charge is 0.478 e. The van der Waals surface area contributed by atoms with Gasteiger partial charge in [0.05, 0.1) is 12.1 Å². The monoisotopic (exact) mass is 263 g/mol. The molecule has 1 aromatic heterocycles. The first kappa shape index (κ1) is 12.9. The molecule has 2 N–H and O–H groups in total. The number of anilines is 1. The third-order valence-corrected chi connectivity index (χ3v) is 2.54. The number of carbonyl (C=O) groups is 2. The molecule has 1 heterocycles. The highest BCUT2D eigenvalue weighted by Crippen LogP contribution is 2.22. The molecule has 0 aliphatic heterocycles. The maximum Gasteiger partial charge on any atom is 0.338 e. The molecule has 7 heteroatoms. The Kier molecular flexibility index (Phi) is 3.37. The standard InChI is InChI=1S/C12H13N3O4/c1-15(2)9(16)6-13-12-14-10-7(11(17)18)4-3-5-8(10)19-12/h3-5H,6H2,1-2H3,(H,13,14)(H,17,18). The summed E-state index contributed by atoms with van der Waals surface area (Å²) in [6.07, 6.45) is 0. The molecule has 0 spiro atoms. The number of fused-ring (bicyclic) bond motifs is 1. The van der Waals surface area contributed by atoms with Crippen LogP contribution in [0.25, 0.3) is 11.1 Å². The summed E-state index contributed by atoms with van der Waals surface area (Å²) in [5.41, 5.74) is 0.683. The van der Waals surface area contributed by atoms with Gasteiger partial charge in [0, 0.05) is 14.1 Å². The fourth-order valence-electron chi connectivity index (χ4n) is 1.51. The van der Waals surface area contributed by atoms with Crippen LogP contribution in [0.2, 0.25) is 0 Å². The smallest absolute Gasteiger partial charge is 0.338 e. The van der Waals surface area contributed by atoms with Crippen molar-refractivity contribution in [2.75, 3.05) is 26.0 Å². The summed E-state index contributed by atoms with van der Waals surface area (Å²) in [5.74, 6) is -1.21. The molecule has 0 saturated heterocycles. The summed E-state index contributed by atoms with van der Waals surface area (Å²) in [6, 6.07) is 4.76. The molecule has 19 heavy (non-hydrogen) atoms. The second-order valence-electron chi connectivity index (χ2n) is 4.12. The molecule has 0 fully saturated rings. The second kappa shape index (κ2) is 4.97. The molecule has 7 nitrogen and oxygen atoms in total. The van der Waals surface area contributed by atoms with E-state index in [4.69, 9.17) is 9.52 Å². The first-order chi connectivity index (χ1) is 8.99. The fourth-order valence-corrected chi connectivity index (χ4v) is 1.51. The number of nitrogens with zero attached hydrogens (tertiary/aromatic N) is 2. The predicted molar refractivity (Wildman–Crippen MR) is 68.2 cm³/mol. The predicted octanol–water partition coefficient (Wildman–Crippen LogP) is 1.03. The van der Waals surface area contributed by atoms with Crippen LogP contribution < -0.4 is 5.32 Å². The van der Waals surface area contributed by atoms with Crippen LogP contribution in [0, 0.1) is 0 Å². The lowest BCUT2D eigenvalue weighted by Gasteiger charge is -2.09. The van der Waals surface area contributed by atoms with E-state index >= 15 is 0 Å². The Morgan fingerprint density at radius 3 is 2.79 bits per heavy atom. The Morgan fingerprint density at radius 1 is 1.42 bits per heavy atom. The summed E-state index contributed by atoms with van der Waals surface area (Å²) in [5, 5.41) is 11.7. The van der Waals surface area contributed by atoms with Gasteiger partial charge >= 0.3 is 5.97 Å². The van der Waals surface area contributed by atoms with E-state index in [0.29, 0.717) is 5.58 Å². The van der Waals surface area contributed by atoms with Gasteiger partial charge < -0.3 is 19.7 Å². The van der Waals surface area contributed by atoms with Crippen molar-refractivity contribution in [3.8, 4) is 0 Å².